The van der Waals surface area contributed by atoms with Crippen LogP contribution in [-0.4, -0.2) is 16.6 Å². The van der Waals surface area contributed by atoms with Gasteiger partial charge in [-0.15, -0.1) is 0 Å². The molecule has 0 fully saturated rings. The molecule has 3 rings (SSSR count). The lowest BCUT2D eigenvalue weighted by Gasteiger charge is -2.14. The van der Waals surface area contributed by atoms with Crippen LogP contribution in [0.25, 0.3) is 0 Å². The zero-order valence-corrected chi connectivity index (χ0v) is 19.8. The molecule has 6 nitrogen and oxygen atoms in total. The standard InChI is InChI=1S/C22H15Br2ClN2O4/c23-14-9-13(12-26-22(29)15-5-1-3-7-19(15)25)17(18(24)10-14)11-21(28)16-6-2-4-8-20(16)27(30)31/h1-10H,11-12H2,(H,26,29). The summed E-state index contributed by atoms with van der Waals surface area (Å²) in [7, 11) is 0. The minimum Gasteiger partial charge on any atom is -0.348 e. The summed E-state index contributed by atoms with van der Waals surface area (Å²) in [5.74, 6) is -0.744. The molecule has 0 bridgehead atoms. The van der Waals surface area contributed by atoms with Gasteiger partial charge >= 0.3 is 0 Å². The molecule has 0 aromatic heterocycles. The van der Waals surface area contributed by atoms with Gasteiger partial charge < -0.3 is 5.32 Å². The SMILES string of the molecule is O=C(NCc1cc(Br)cc(Br)c1CC(=O)c1ccccc1[N+](=O)[O-])c1ccccc1Cl. The van der Waals surface area contributed by atoms with Crippen LogP contribution < -0.4 is 5.32 Å². The van der Waals surface area contributed by atoms with Crippen molar-refractivity contribution in [2.24, 2.45) is 0 Å². The third-order valence-corrected chi connectivity index (χ3v) is 6.04. The van der Waals surface area contributed by atoms with Crippen molar-refractivity contribution in [3.05, 3.63) is 107 Å². The van der Waals surface area contributed by atoms with E-state index in [0.717, 1.165) is 4.47 Å². The number of hydrogen-bond donors (Lipinski definition) is 1. The first-order valence-corrected chi connectivity index (χ1v) is 11.0. The van der Waals surface area contributed by atoms with E-state index in [1.807, 2.05) is 0 Å². The zero-order valence-electron chi connectivity index (χ0n) is 15.9. The van der Waals surface area contributed by atoms with E-state index in [2.05, 4.69) is 37.2 Å². The van der Waals surface area contributed by atoms with Crippen LogP contribution in [0.1, 0.15) is 31.8 Å². The Kier molecular flexibility index (Phi) is 7.59. The first kappa shape index (κ1) is 23.1. The Hall–Kier alpha value is -2.55. The summed E-state index contributed by atoms with van der Waals surface area (Å²) in [5.41, 5.74) is 1.46. The van der Waals surface area contributed by atoms with Gasteiger partial charge in [0.1, 0.15) is 0 Å². The maximum atomic E-state index is 12.9. The molecule has 0 spiro atoms. The molecule has 0 aliphatic carbocycles. The van der Waals surface area contributed by atoms with Crippen LogP contribution >= 0.6 is 43.5 Å². The molecule has 0 heterocycles. The maximum absolute atomic E-state index is 12.9. The summed E-state index contributed by atoms with van der Waals surface area (Å²) in [5, 5.41) is 14.4. The van der Waals surface area contributed by atoms with Gasteiger partial charge in [0, 0.05) is 28.0 Å². The Balaban J connectivity index is 1.87. The van der Waals surface area contributed by atoms with Gasteiger partial charge in [-0.1, -0.05) is 67.7 Å². The predicted octanol–water partition coefficient (Wildman–Crippen LogP) is 6.13. The fraction of sp³-hybridized carbons (Fsp3) is 0.0909. The zero-order chi connectivity index (χ0) is 22.5. The summed E-state index contributed by atoms with van der Waals surface area (Å²) in [6.45, 7) is 0.140. The Bertz CT molecular complexity index is 1180. The molecule has 158 valence electrons. The van der Waals surface area contributed by atoms with Crippen LogP contribution in [0, 0.1) is 10.1 Å². The molecule has 0 saturated carbocycles. The quantitative estimate of drug-likeness (QED) is 0.212. The van der Waals surface area contributed by atoms with Crippen molar-refractivity contribution < 1.29 is 14.5 Å². The topological polar surface area (TPSA) is 89.3 Å². The fourth-order valence-corrected chi connectivity index (χ4v) is 4.73. The van der Waals surface area contributed by atoms with E-state index in [-0.39, 0.29) is 30.1 Å². The van der Waals surface area contributed by atoms with E-state index in [9.17, 15) is 19.7 Å². The monoisotopic (exact) mass is 564 g/mol. The van der Waals surface area contributed by atoms with Gasteiger partial charge in [-0.2, -0.15) is 0 Å². The smallest absolute Gasteiger partial charge is 0.280 e. The molecule has 1 N–H and O–H groups in total. The number of amides is 1. The number of hydrogen-bond acceptors (Lipinski definition) is 4. The number of carbonyl (C=O) groups excluding carboxylic acids is 2. The highest BCUT2D eigenvalue weighted by atomic mass is 79.9. The van der Waals surface area contributed by atoms with Gasteiger partial charge in [-0.05, 0) is 41.5 Å². The Morgan fingerprint density at radius 2 is 1.65 bits per heavy atom. The van der Waals surface area contributed by atoms with Gasteiger partial charge in [0.2, 0.25) is 0 Å². The average molecular weight is 567 g/mol. The Labute approximate surface area is 200 Å². The number of rotatable bonds is 7. The van der Waals surface area contributed by atoms with Crippen LogP contribution in [0.2, 0.25) is 5.02 Å². The number of nitro benzene ring substituents is 1. The van der Waals surface area contributed by atoms with Crippen LogP contribution in [-0.2, 0) is 13.0 Å². The van der Waals surface area contributed by atoms with Crippen molar-refractivity contribution in [2.45, 2.75) is 13.0 Å². The second-order valence-corrected chi connectivity index (χ2v) is 8.74. The van der Waals surface area contributed by atoms with Crippen molar-refractivity contribution in [3.8, 4) is 0 Å². The van der Waals surface area contributed by atoms with Gasteiger partial charge in [0.15, 0.2) is 5.78 Å². The highest BCUT2D eigenvalue weighted by Gasteiger charge is 2.22. The van der Waals surface area contributed by atoms with E-state index in [0.29, 0.717) is 26.2 Å². The van der Waals surface area contributed by atoms with Crippen LogP contribution in [0.4, 0.5) is 5.69 Å². The molecule has 9 heteroatoms. The lowest BCUT2D eigenvalue weighted by Crippen LogP contribution is -2.24. The lowest BCUT2D eigenvalue weighted by molar-refractivity contribution is -0.385. The van der Waals surface area contributed by atoms with E-state index < -0.39 is 10.7 Å². The van der Waals surface area contributed by atoms with Crippen LogP contribution in [0.5, 0.6) is 0 Å². The molecular formula is C22H15Br2ClN2O4. The van der Waals surface area contributed by atoms with Gasteiger partial charge in [-0.25, -0.2) is 0 Å². The van der Waals surface area contributed by atoms with Crippen molar-refractivity contribution in [3.63, 3.8) is 0 Å². The molecule has 3 aromatic carbocycles. The van der Waals surface area contributed by atoms with E-state index in [1.165, 1.54) is 18.2 Å². The maximum Gasteiger partial charge on any atom is 0.280 e. The van der Waals surface area contributed by atoms with Gasteiger partial charge in [0.05, 0.1) is 21.1 Å². The number of nitrogens with zero attached hydrogens (tertiary/aromatic N) is 1. The van der Waals surface area contributed by atoms with Crippen LogP contribution in [0.3, 0.4) is 0 Å². The van der Waals surface area contributed by atoms with Crippen molar-refractivity contribution in [1.82, 2.24) is 5.32 Å². The largest absolute Gasteiger partial charge is 0.348 e. The number of ketones is 1. The number of halogens is 3. The molecule has 0 radical (unpaired) electrons. The second kappa shape index (κ2) is 10.2. The van der Waals surface area contributed by atoms with Crippen LogP contribution in [0.15, 0.2) is 69.6 Å². The van der Waals surface area contributed by atoms with Crippen molar-refractivity contribution in [1.29, 1.82) is 0 Å². The van der Waals surface area contributed by atoms with Gasteiger partial charge in [-0.3, -0.25) is 19.7 Å². The first-order chi connectivity index (χ1) is 14.8. The minimum atomic E-state index is -0.575. The summed E-state index contributed by atoms with van der Waals surface area (Å²) >= 11 is 13.0. The van der Waals surface area contributed by atoms with Crippen molar-refractivity contribution >= 4 is 60.8 Å². The number of carbonyl (C=O) groups is 2. The number of Topliss-reactive ketones (excluding diaryl/α,β-unsaturated/α-hetero) is 1. The highest BCUT2D eigenvalue weighted by molar-refractivity contribution is 9.11. The third-order valence-electron chi connectivity index (χ3n) is 4.55. The molecular weight excluding hydrogens is 552 g/mol. The molecule has 0 saturated heterocycles. The molecule has 3 aromatic rings. The lowest BCUT2D eigenvalue weighted by atomic mass is 9.97. The van der Waals surface area contributed by atoms with Crippen molar-refractivity contribution in [2.75, 3.05) is 0 Å². The second-order valence-electron chi connectivity index (χ2n) is 6.56. The Morgan fingerprint density at radius 1 is 1.00 bits per heavy atom. The molecule has 0 atom stereocenters. The average Bonchev–Trinajstić information content (AvgIpc) is 2.74. The summed E-state index contributed by atoms with van der Waals surface area (Å²) in [6.07, 6.45) is -0.0734. The molecule has 0 aliphatic heterocycles. The highest BCUT2D eigenvalue weighted by Crippen LogP contribution is 2.29. The van der Waals surface area contributed by atoms with E-state index >= 15 is 0 Å². The van der Waals surface area contributed by atoms with Gasteiger partial charge in [0.25, 0.3) is 11.6 Å². The normalized spacial score (nSPS) is 10.5. The Morgan fingerprint density at radius 3 is 2.32 bits per heavy atom. The summed E-state index contributed by atoms with van der Waals surface area (Å²) in [4.78, 5) is 36.1. The number of benzene rings is 3. The van der Waals surface area contributed by atoms with E-state index in [1.54, 1.807) is 42.5 Å². The molecule has 0 unspecified atom stereocenters. The molecule has 0 aliphatic rings. The number of nitro groups is 1. The number of para-hydroxylation sites is 1. The number of nitrogens with one attached hydrogen (secondary N) is 1. The molecule has 1 amide bonds. The summed E-state index contributed by atoms with van der Waals surface area (Å²) < 4.78 is 1.40. The predicted molar refractivity (Wildman–Crippen MR) is 126 cm³/mol. The summed E-state index contributed by atoms with van der Waals surface area (Å²) in [6, 6.07) is 16.1. The fourth-order valence-electron chi connectivity index (χ4n) is 3.05. The minimum absolute atomic E-state index is 0.0355. The third kappa shape index (κ3) is 5.58. The van der Waals surface area contributed by atoms with E-state index in [4.69, 9.17) is 11.6 Å². The first-order valence-electron chi connectivity index (χ1n) is 9.04. The molecule has 31 heavy (non-hydrogen) atoms.